The summed E-state index contributed by atoms with van der Waals surface area (Å²) in [6.45, 7) is 8.76. The first-order valence-electron chi connectivity index (χ1n) is 6.34. The highest BCUT2D eigenvalue weighted by atomic mass is 32.1. The van der Waals surface area contributed by atoms with Gasteiger partial charge >= 0.3 is 0 Å². The van der Waals surface area contributed by atoms with E-state index in [0.29, 0.717) is 5.92 Å². The Balaban J connectivity index is 1.84. The Kier molecular flexibility index (Phi) is 4.55. The first-order valence-corrected chi connectivity index (χ1v) is 7.15. The second-order valence-corrected chi connectivity index (χ2v) is 5.92. The third kappa shape index (κ3) is 3.68. The number of anilines is 1. The molecule has 1 aromatic carbocycles. The molecule has 1 N–H and O–H groups in total. The second kappa shape index (κ2) is 6.16. The van der Waals surface area contributed by atoms with Crippen LogP contribution in [-0.2, 0) is 4.74 Å². The molecule has 3 nitrogen and oxygen atoms in total. The van der Waals surface area contributed by atoms with Gasteiger partial charge < -0.3 is 10.1 Å². The molecular formula is C14H20N2OS. The number of nitrogens with zero attached hydrogens (tertiary/aromatic N) is 1. The van der Waals surface area contributed by atoms with Crippen molar-refractivity contribution in [1.82, 2.24) is 4.98 Å². The van der Waals surface area contributed by atoms with E-state index in [4.69, 9.17) is 4.74 Å². The third-order valence-electron chi connectivity index (χ3n) is 2.52. The minimum atomic E-state index is 0.593. The Labute approximate surface area is 112 Å². The van der Waals surface area contributed by atoms with E-state index >= 15 is 0 Å². The van der Waals surface area contributed by atoms with Gasteiger partial charge in [-0.3, -0.25) is 0 Å². The van der Waals surface area contributed by atoms with Crippen molar-refractivity contribution < 1.29 is 4.74 Å². The number of rotatable bonds is 6. The Morgan fingerprint density at radius 1 is 1.39 bits per heavy atom. The predicted octanol–water partition coefficient (Wildman–Crippen LogP) is 3.69. The van der Waals surface area contributed by atoms with Crippen LogP contribution < -0.4 is 5.32 Å². The first-order chi connectivity index (χ1) is 8.65. The number of benzene rings is 1. The number of ether oxygens (including phenoxy) is 1. The van der Waals surface area contributed by atoms with Gasteiger partial charge in [0, 0.05) is 13.2 Å². The molecule has 0 amide bonds. The van der Waals surface area contributed by atoms with E-state index in [-0.39, 0.29) is 0 Å². The molecule has 0 fully saturated rings. The summed E-state index contributed by atoms with van der Waals surface area (Å²) in [6.07, 6.45) is 0. The lowest BCUT2D eigenvalue weighted by Gasteiger charge is -2.06. The van der Waals surface area contributed by atoms with E-state index in [1.165, 1.54) is 10.3 Å². The van der Waals surface area contributed by atoms with Gasteiger partial charge in [-0.2, -0.15) is 0 Å². The topological polar surface area (TPSA) is 34.1 Å². The molecule has 0 bridgehead atoms. The quantitative estimate of drug-likeness (QED) is 0.808. The number of hydrogen-bond donors (Lipinski definition) is 1. The Morgan fingerprint density at radius 3 is 3.00 bits per heavy atom. The van der Waals surface area contributed by atoms with Gasteiger partial charge in [-0.15, -0.1) is 0 Å². The summed E-state index contributed by atoms with van der Waals surface area (Å²) in [5.41, 5.74) is 2.32. The van der Waals surface area contributed by atoms with E-state index in [9.17, 15) is 0 Å². The summed E-state index contributed by atoms with van der Waals surface area (Å²) in [4.78, 5) is 4.56. The zero-order chi connectivity index (χ0) is 13.0. The zero-order valence-corrected chi connectivity index (χ0v) is 12.0. The van der Waals surface area contributed by atoms with Crippen LogP contribution in [0.15, 0.2) is 18.2 Å². The molecule has 2 rings (SSSR count). The van der Waals surface area contributed by atoms with Crippen LogP contribution in [0, 0.1) is 12.8 Å². The predicted molar refractivity (Wildman–Crippen MR) is 78.5 cm³/mol. The van der Waals surface area contributed by atoms with Crippen LogP contribution in [-0.4, -0.2) is 24.7 Å². The molecule has 0 spiro atoms. The van der Waals surface area contributed by atoms with Crippen molar-refractivity contribution in [3.05, 3.63) is 23.8 Å². The molecule has 98 valence electrons. The molecule has 2 aromatic rings. The van der Waals surface area contributed by atoms with Crippen molar-refractivity contribution in [2.24, 2.45) is 5.92 Å². The smallest absolute Gasteiger partial charge is 0.183 e. The van der Waals surface area contributed by atoms with Crippen molar-refractivity contribution in [3.63, 3.8) is 0 Å². The number of thiazole rings is 1. The molecule has 1 aromatic heterocycles. The number of hydrogen-bond acceptors (Lipinski definition) is 4. The molecule has 0 aliphatic carbocycles. The van der Waals surface area contributed by atoms with Crippen molar-refractivity contribution in [2.75, 3.05) is 25.1 Å². The van der Waals surface area contributed by atoms with Crippen molar-refractivity contribution >= 4 is 26.7 Å². The number of aryl methyl sites for hydroxylation is 1. The maximum absolute atomic E-state index is 5.52. The Bertz CT molecular complexity index is 507. The van der Waals surface area contributed by atoms with E-state index in [0.717, 1.165) is 30.4 Å². The normalized spacial score (nSPS) is 11.3. The summed E-state index contributed by atoms with van der Waals surface area (Å²) in [5.74, 6) is 0.593. The summed E-state index contributed by atoms with van der Waals surface area (Å²) in [5, 5.41) is 4.29. The molecule has 0 aliphatic rings. The SMILES string of the molecule is Cc1ccc2sc(NCCOCC(C)C)nc2c1. The summed E-state index contributed by atoms with van der Waals surface area (Å²) < 4.78 is 6.75. The van der Waals surface area contributed by atoms with Gasteiger partial charge in [0.2, 0.25) is 0 Å². The molecule has 18 heavy (non-hydrogen) atoms. The standard InChI is InChI=1S/C14H20N2OS/c1-10(2)9-17-7-6-15-14-16-12-8-11(3)4-5-13(12)18-14/h4-5,8,10H,6-7,9H2,1-3H3,(H,15,16). The van der Waals surface area contributed by atoms with Gasteiger partial charge in [0.1, 0.15) is 0 Å². The molecule has 0 saturated carbocycles. The zero-order valence-electron chi connectivity index (χ0n) is 11.2. The number of aromatic nitrogens is 1. The summed E-state index contributed by atoms with van der Waals surface area (Å²) in [6, 6.07) is 6.37. The van der Waals surface area contributed by atoms with Gasteiger partial charge in [-0.25, -0.2) is 4.98 Å². The molecule has 0 radical (unpaired) electrons. The summed E-state index contributed by atoms with van der Waals surface area (Å²) in [7, 11) is 0. The molecule has 0 atom stereocenters. The second-order valence-electron chi connectivity index (χ2n) is 4.89. The van der Waals surface area contributed by atoms with Crippen LogP contribution in [0.3, 0.4) is 0 Å². The third-order valence-corrected chi connectivity index (χ3v) is 3.51. The molecular weight excluding hydrogens is 244 g/mol. The van der Waals surface area contributed by atoms with Crippen LogP contribution in [0.4, 0.5) is 5.13 Å². The first kappa shape index (κ1) is 13.3. The van der Waals surface area contributed by atoms with Gasteiger partial charge in [-0.05, 0) is 30.5 Å². The van der Waals surface area contributed by atoms with Crippen LogP contribution in [0.2, 0.25) is 0 Å². The van der Waals surface area contributed by atoms with Crippen molar-refractivity contribution in [2.45, 2.75) is 20.8 Å². The van der Waals surface area contributed by atoms with Gasteiger partial charge in [0.05, 0.1) is 16.8 Å². The van der Waals surface area contributed by atoms with Gasteiger partial charge in [-0.1, -0.05) is 31.3 Å². The van der Waals surface area contributed by atoms with Crippen molar-refractivity contribution in [3.8, 4) is 0 Å². The molecule has 0 aliphatic heterocycles. The average Bonchev–Trinajstić information content (AvgIpc) is 2.70. The van der Waals surface area contributed by atoms with E-state index in [1.807, 2.05) is 0 Å². The van der Waals surface area contributed by atoms with Crippen molar-refractivity contribution in [1.29, 1.82) is 0 Å². The lowest BCUT2D eigenvalue weighted by molar-refractivity contribution is 0.118. The monoisotopic (exact) mass is 264 g/mol. The molecule has 0 saturated heterocycles. The minimum absolute atomic E-state index is 0.593. The van der Waals surface area contributed by atoms with Crippen LogP contribution in [0.25, 0.3) is 10.2 Å². The van der Waals surface area contributed by atoms with Crippen LogP contribution >= 0.6 is 11.3 Å². The Hall–Kier alpha value is -1.13. The average molecular weight is 264 g/mol. The maximum Gasteiger partial charge on any atom is 0.183 e. The lowest BCUT2D eigenvalue weighted by Crippen LogP contribution is -2.11. The van der Waals surface area contributed by atoms with Gasteiger partial charge in [0.25, 0.3) is 0 Å². The molecule has 1 heterocycles. The van der Waals surface area contributed by atoms with E-state index in [2.05, 4.69) is 49.3 Å². The molecule has 0 unspecified atom stereocenters. The molecule has 4 heteroatoms. The van der Waals surface area contributed by atoms with E-state index in [1.54, 1.807) is 11.3 Å². The highest BCUT2D eigenvalue weighted by Crippen LogP contribution is 2.26. The van der Waals surface area contributed by atoms with E-state index < -0.39 is 0 Å². The Morgan fingerprint density at radius 2 is 2.22 bits per heavy atom. The van der Waals surface area contributed by atoms with Crippen LogP contribution in [0.1, 0.15) is 19.4 Å². The highest BCUT2D eigenvalue weighted by molar-refractivity contribution is 7.22. The van der Waals surface area contributed by atoms with Crippen LogP contribution in [0.5, 0.6) is 0 Å². The van der Waals surface area contributed by atoms with Gasteiger partial charge in [0.15, 0.2) is 5.13 Å². The fourth-order valence-corrected chi connectivity index (χ4v) is 2.53. The largest absolute Gasteiger partial charge is 0.379 e. The minimum Gasteiger partial charge on any atom is -0.379 e. The number of fused-ring (bicyclic) bond motifs is 1. The summed E-state index contributed by atoms with van der Waals surface area (Å²) >= 11 is 1.69. The number of nitrogens with one attached hydrogen (secondary N) is 1. The maximum atomic E-state index is 5.52. The highest BCUT2D eigenvalue weighted by Gasteiger charge is 2.03. The fraction of sp³-hybridized carbons (Fsp3) is 0.500. The fourth-order valence-electron chi connectivity index (χ4n) is 1.66. The lowest BCUT2D eigenvalue weighted by atomic mass is 10.2.